The molecule has 0 saturated carbocycles. The molecule has 0 fully saturated rings. The van der Waals surface area contributed by atoms with Gasteiger partial charge >= 0.3 is 5.97 Å². The lowest BCUT2D eigenvalue weighted by atomic mass is 10.1. The molecule has 2 rings (SSSR count). The van der Waals surface area contributed by atoms with Gasteiger partial charge in [0.15, 0.2) is 0 Å². The molecule has 0 bridgehead atoms. The van der Waals surface area contributed by atoms with Gasteiger partial charge in [-0.1, -0.05) is 6.07 Å². The summed E-state index contributed by atoms with van der Waals surface area (Å²) in [6.45, 7) is 0.157. The van der Waals surface area contributed by atoms with E-state index in [4.69, 9.17) is 10.00 Å². The molecule has 0 aliphatic heterocycles. The van der Waals surface area contributed by atoms with Crippen molar-refractivity contribution >= 4 is 28.6 Å². The third kappa shape index (κ3) is 4.76. The number of aryl methyl sites for hydroxylation is 1. The molecule has 0 amide bonds. The summed E-state index contributed by atoms with van der Waals surface area (Å²) >= 11 is 3.12. The van der Waals surface area contributed by atoms with Crippen LogP contribution in [0.2, 0.25) is 0 Å². The zero-order chi connectivity index (χ0) is 14.2. The first-order valence-electron chi connectivity index (χ1n) is 6.22. The standard InChI is InChI=1S/C14H14N2O2S2/c15-7-11(6-13-2-1-5-20-13)8-18-14(17)4-3-12-9-19-10-16-12/h1-2,5,9-11H,3-4,6,8H2/t11-/m1/s1. The fourth-order valence-electron chi connectivity index (χ4n) is 1.67. The second-order valence-electron chi connectivity index (χ2n) is 4.27. The van der Waals surface area contributed by atoms with Crippen LogP contribution in [0.1, 0.15) is 17.0 Å². The highest BCUT2D eigenvalue weighted by Gasteiger charge is 2.13. The molecule has 2 aromatic heterocycles. The van der Waals surface area contributed by atoms with Crippen LogP contribution in [0.5, 0.6) is 0 Å². The average Bonchev–Trinajstić information content (AvgIpc) is 3.14. The Hall–Kier alpha value is -1.71. The molecule has 0 aliphatic carbocycles. The highest BCUT2D eigenvalue weighted by atomic mass is 32.1. The number of carbonyl (C=O) groups is 1. The van der Waals surface area contributed by atoms with Gasteiger partial charge in [0, 0.05) is 23.1 Å². The summed E-state index contributed by atoms with van der Waals surface area (Å²) in [5, 5.41) is 13.0. The molecule has 0 spiro atoms. The Balaban J connectivity index is 1.70. The molecule has 0 N–H and O–H groups in total. The Morgan fingerprint density at radius 2 is 2.45 bits per heavy atom. The minimum absolute atomic E-state index is 0.157. The summed E-state index contributed by atoms with van der Waals surface area (Å²) < 4.78 is 5.16. The van der Waals surface area contributed by atoms with Gasteiger partial charge in [-0.3, -0.25) is 4.79 Å². The molecule has 2 aromatic rings. The molecule has 104 valence electrons. The van der Waals surface area contributed by atoms with Crippen molar-refractivity contribution in [1.82, 2.24) is 4.98 Å². The number of thiazole rings is 1. The third-order valence-electron chi connectivity index (χ3n) is 2.72. The van der Waals surface area contributed by atoms with Gasteiger partial charge < -0.3 is 4.74 Å². The van der Waals surface area contributed by atoms with Crippen molar-refractivity contribution in [2.75, 3.05) is 6.61 Å². The van der Waals surface area contributed by atoms with Crippen LogP contribution in [0, 0.1) is 17.2 Å². The highest BCUT2D eigenvalue weighted by molar-refractivity contribution is 7.09. The zero-order valence-corrected chi connectivity index (χ0v) is 12.5. The number of nitriles is 1. The maximum atomic E-state index is 11.6. The predicted octanol–water partition coefficient (Wildman–Crippen LogP) is 3.06. The summed E-state index contributed by atoms with van der Waals surface area (Å²) in [5.41, 5.74) is 2.65. The molecule has 0 aliphatic rings. The fraction of sp³-hybridized carbons (Fsp3) is 0.357. The van der Waals surface area contributed by atoms with E-state index in [1.807, 2.05) is 22.9 Å². The Morgan fingerprint density at radius 1 is 1.55 bits per heavy atom. The van der Waals surface area contributed by atoms with Crippen LogP contribution in [0.4, 0.5) is 0 Å². The van der Waals surface area contributed by atoms with Crippen LogP contribution >= 0.6 is 22.7 Å². The van der Waals surface area contributed by atoms with Crippen LogP contribution < -0.4 is 0 Å². The van der Waals surface area contributed by atoms with E-state index in [-0.39, 0.29) is 18.5 Å². The lowest BCUT2D eigenvalue weighted by Gasteiger charge is -2.08. The topological polar surface area (TPSA) is 63.0 Å². The predicted molar refractivity (Wildman–Crippen MR) is 78.5 cm³/mol. The van der Waals surface area contributed by atoms with Crippen molar-refractivity contribution in [2.45, 2.75) is 19.3 Å². The quantitative estimate of drug-likeness (QED) is 0.738. The molecule has 6 heteroatoms. The first-order valence-corrected chi connectivity index (χ1v) is 8.05. The lowest BCUT2D eigenvalue weighted by Crippen LogP contribution is -2.15. The van der Waals surface area contributed by atoms with Crippen LogP contribution in [0.3, 0.4) is 0 Å². The number of aromatic nitrogens is 1. The minimum Gasteiger partial charge on any atom is -0.464 e. The summed E-state index contributed by atoms with van der Waals surface area (Å²) in [6, 6.07) is 6.12. The fourth-order valence-corrected chi connectivity index (χ4v) is 3.05. The van der Waals surface area contributed by atoms with Crippen LogP contribution in [-0.4, -0.2) is 17.6 Å². The zero-order valence-electron chi connectivity index (χ0n) is 10.8. The molecule has 4 nitrogen and oxygen atoms in total. The number of ether oxygens (including phenoxy) is 1. The van der Waals surface area contributed by atoms with Crippen LogP contribution in [-0.2, 0) is 22.4 Å². The summed E-state index contributed by atoms with van der Waals surface area (Å²) in [5.74, 6) is -0.554. The van der Waals surface area contributed by atoms with Gasteiger partial charge in [-0.15, -0.1) is 22.7 Å². The van der Waals surface area contributed by atoms with E-state index in [1.165, 1.54) is 11.3 Å². The van der Waals surface area contributed by atoms with E-state index < -0.39 is 0 Å². The van der Waals surface area contributed by atoms with Crippen molar-refractivity contribution in [3.63, 3.8) is 0 Å². The van der Waals surface area contributed by atoms with Gasteiger partial charge in [-0.05, 0) is 11.4 Å². The van der Waals surface area contributed by atoms with Crippen molar-refractivity contribution in [3.05, 3.63) is 39.0 Å². The molecule has 20 heavy (non-hydrogen) atoms. The Morgan fingerprint density at radius 3 is 3.10 bits per heavy atom. The van der Waals surface area contributed by atoms with Gasteiger partial charge in [-0.25, -0.2) is 4.98 Å². The van der Waals surface area contributed by atoms with Crippen molar-refractivity contribution in [3.8, 4) is 6.07 Å². The van der Waals surface area contributed by atoms with Crippen molar-refractivity contribution in [2.24, 2.45) is 5.92 Å². The van der Waals surface area contributed by atoms with Crippen molar-refractivity contribution in [1.29, 1.82) is 5.26 Å². The molecule has 2 heterocycles. The maximum Gasteiger partial charge on any atom is 0.306 e. The molecular formula is C14H14N2O2S2. The SMILES string of the molecule is N#C[C@H](COC(=O)CCc1cscn1)Cc1cccs1. The van der Waals surface area contributed by atoms with E-state index in [0.29, 0.717) is 19.3 Å². The van der Waals surface area contributed by atoms with E-state index in [0.717, 1.165) is 10.6 Å². The molecule has 0 saturated heterocycles. The lowest BCUT2D eigenvalue weighted by molar-refractivity contribution is -0.144. The third-order valence-corrected chi connectivity index (χ3v) is 4.26. The first kappa shape index (κ1) is 14.7. The summed E-state index contributed by atoms with van der Waals surface area (Å²) in [7, 11) is 0. The van der Waals surface area contributed by atoms with E-state index in [1.54, 1.807) is 16.8 Å². The van der Waals surface area contributed by atoms with Crippen LogP contribution in [0.15, 0.2) is 28.4 Å². The number of carbonyl (C=O) groups excluding carboxylic acids is 1. The second kappa shape index (κ2) is 7.78. The number of esters is 1. The Bertz CT molecular complexity index is 559. The summed E-state index contributed by atoms with van der Waals surface area (Å²) in [4.78, 5) is 16.9. The van der Waals surface area contributed by atoms with E-state index in [9.17, 15) is 4.79 Å². The van der Waals surface area contributed by atoms with Gasteiger partial charge in [0.25, 0.3) is 0 Å². The second-order valence-corrected chi connectivity index (χ2v) is 6.02. The number of nitrogens with zero attached hydrogens (tertiary/aromatic N) is 2. The minimum atomic E-state index is -0.281. The molecule has 0 radical (unpaired) electrons. The largest absolute Gasteiger partial charge is 0.464 e. The Labute approximate surface area is 125 Å². The van der Waals surface area contributed by atoms with Gasteiger partial charge in [0.1, 0.15) is 6.61 Å². The van der Waals surface area contributed by atoms with Gasteiger partial charge in [-0.2, -0.15) is 5.26 Å². The molecule has 0 unspecified atom stereocenters. The normalized spacial score (nSPS) is 11.8. The number of thiophene rings is 1. The monoisotopic (exact) mass is 306 g/mol. The number of rotatable bonds is 7. The smallest absolute Gasteiger partial charge is 0.306 e. The highest BCUT2D eigenvalue weighted by Crippen LogP contribution is 2.15. The molecule has 0 aromatic carbocycles. The maximum absolute atomic E-state index is 11.6. The molecule has 1 atom stereocenters. The van der Waals surface area contributed by atoms with Gasteiger partial charge in [0.2, 0.25) is 0 Å². The first-order chi connectivity index (χ1) is 9.78. The average molecular weight is 306 g/mol. The number of hydrogen-bond acceptors (Lipinski definition) is 6. The van der Waals surface area contributed by atoms with E-state index in [2.05, 4.69) is 11.1 Å². The van der Waals surface area contributed by atoms with Crippen LogP contribution in [0.25, 0.3) is 0 Å². The summed E-state index contributed by atoms with van der Waals surface area (Å²) in [6.07, 6.45) is 1.53. The van der Waals surface area contributed by atoms with Gasteiger partial charge in [0.05, 0.1) is 29.6 Å². The van der Waals surface area contributed by atoms with Crippen molar-refractivity contribution < 1.29 is 9.53 Å². The molecular weight excluding hydrogens is 292 g/mol. The Kier molecular flexibility index (Phi) is 5.71. The van der Waals surface area contributed by atoms with E-state index >= 15 is 0 Å². The number of hydrogen-bond donors (Lipinski definition) is 0.